The maximum absolute atomic E-state index is 5.54. The molecular weight excluding hydrogens is 250 g/mol. The summed E-state index contributed by atoms with van der Waals surface area (Å²) in [6.45, 7) is 11.3. The van der Waals surface area contributed by atoms with Gasteiger partial charge in [-0.05, 0) is 30.6 Å². The van der Waals surface area contributed by atoms with Gasteiger partial charge in [0.05, 0.1) is 0 Å². The van der Waals surface area contributed by atoms with Crippen LogP contribution in [0.2, 0.25) is 0 Å². The molecule has 0 radical (unpaired) electrons. The van der Waals surface area contributed by atoms with Crippen LogP contribution in [0.1, 0.15) is 46.1 Å². The molecule has 5 nitrogen and oxygen atoms in total. The zero-order valence-corrected chi connectivity index (χ0v) is 13.1. The summed E-state index contributed by atoms with van der Waals surface area (Å²) < 4.78 is 0. The molecule has 2 heterocycles. The topological polar surface area (TPSA) is 67.1 Å². The third-order valence-electron chi connectivity index (χ3n) is 4.43. The minimum Gasteiger partial charge on any atom is -0.356 e. The summed E-state index contributed by atoms with van der Waals surface area (Å²) in [4.78, 5) is 11.1. The second-order valence-corrected chi connectivity index (χ2v) is 6.65. The fraction of sp³-hybridized carbons (Fsp3) is 0.733. The van der Waals surface area contributed by atoms with E-state index in [1.165, 1.54) is 12.8 Å². The van der Waals surface area contributed by atoms with Gasteiger partial charge in [0, 0.05) is 18.7 Å². The number of hydrazine groups is 1. The Morgan fingerprint density at radius 2 is 1.95 bits per heavy atom. The third kappa shape index (κ3) is 3.03. The Kier molecular flexibility index (Phi) is 4.48. The molecule has 1 aliphatic rings. The molecule has 1 saturated heterocycles. The van der Waals surface area contributed by atoms with Crippen molar-refractivity contribution in [1.29, 1.82) is 0 Å². The lowest BCUT2D eigenvalue weighted by Crippen LogP contribution is -2.39. The fourth-order valence-corrected chi connectivity index (χ4v) is 3.08. The van der Waals surface area contributed by atoms with Gasteiger partial charge in [0.25, 0.3) is 0 Å². The van der Waals surface area contributed by atoms with E-state index in [1.807, 2.05) is 0 Å². The van der Waals surface area contributed by atoms with Gasteiger partial charge in [-0.1, -0.05) is 27.7 Å². The normalized spacial score (nSPS) is 17.4. The maximum Gasteiger partial charge on any atom is 0.148 e. The molecule has 2 rings (SSSR count). The van der Waals surface area contributed by atoms with E-state index in [1.54, 1.807) is 6.33 Å². The van der Waals surface area contributed by atoms with E-state index >= 15 is 0 Å². The van der Waals surface area contributed by atoms with Crippen molar-refractivity contribution in [2.45, 2.75) is 47.0 Å². The van der Waals surface area contributed by atoms with E-state index in [-0.39, 0.29) is 0 Å². The van der Waals surface area contributed by atoms with Gasteiger partial charge < -0.3 is 10.3 Å². The lowest BCUT2D eigenvalue weighted by Gasteiger charge is -2.39. The highest BCUT2D eigenvalue weighted by Crippen LogP contribution is 2.36. The number of anilines is 2. The first kappa shape index (κ1) is 15.0. The van der Waals surface area contributed by atoms with Crippen molar-refractivity contribution in [1.82, 2.24) is 9.97 Å². The summed E-state index contributed by atoms with van der Waals surface area (Å²) in [6.07, 6.45) is 4.93. The number of nitrogens with two attached hydrogens (primary N) is 1. The van der Waals surface area contributed by atoms with Crippen molar-refractivity contribution in [3.63, 3.8) is 0 Å². The molecule has 5 heteroatoms. The van der Waals surface area contributed by atoms with Crippen molar-refractivity contribution in [3.05, 3.63) is 11.9 Å². The number of nitrogens with one attached hydrogen (secondary N) is 1. The van der Waals surface area contributed by atoms with Crippen molar-refractivity contribution >= 4 is 11.6 Å². The Balaban J connectivity index is 2.15. The number of hydrogen-bond donors (Lipinski definition) is 2. The number of hydrogen-bond acceptors (Lipinski definition) is 5. The highest BCUT2D eigenvalue weighted by molar-refractivity contribution is 5.58. The molecule has 1 aromatic heterocycles. The van der Waals surface area contributed by atoms with Crippen molar-refractivity contribution in [3.8, 4) is 0 Å². The molecule has 1 aliphatic heterocycles. The van der Waals surface area contributed by atoms with Crippen molar-refractivity contribution in [2.24, 2.45) is 17.2 Å². The van der Waals surface area contributed by atoms with Crippen molar-refractivity contribution in [2.75, 3.05) is 23.4 Å². The summed E-state index contributed by atoms with van der Waals surface area (Å²) >= 11 is 0. The average molecular weight is 277 g/mol. The molecule has 0 aliphatic carbocycles. The van der Waals surface area contributed by atoms with E-state index in [0.717, 1.165) is 42.6 Å². The van der Waals surface area contributed by atoms with Gasteiger partial charge in [0.1, 0.15) is 18.0 Å². The number of nitrogen functional groups attached to an aromatic ring is 1. The van der Waals surface area contributed by atoms with Crippen LogP contribution in [0.4, 0.5) is 11.6 Å². The molecule has 112 valence electrons. The van der Waals surface area contributed by atoms with Crippen LogP contribution >= 0.6 is 0 Å². The van der Waals surface area contributed by atoms with Crippen LogP contribution in [0.15, 0.2) is 6.33 Å². The Bertz CT molecular complexity index is 444. The van der Waals surface area contributed by atoms with Gasteiger partial charge in [0.2, 0.25) is 0 Å². The predicted molar refractivity (Wildman–Crippen MR) is 83.6 cm³/mol. The van der Waals surface area contributed by atoms with E-state index < -0.39 is 0 Å². The van der Waals surface area contributed by atoms with Gasteiger partial charge in [0.15, 0.2) is 0 Å². The molecule has 20 heavy (non-hydrogen) atoms. The first-order valence-corrected chi connectivity index (χ1v) is 7.52. The SMILES string of the molecule is CCc1c(NN)ncnc1N1CCC(C(C)(C)C)CC1. The van der Waals surface area contributed by atoms with Gasteiger partial charge in [-0.15, -0.1) is 0 Å². The Hall–Kier alpha value is -1.36. The monoisotopic (exact) mass is 277 g/mol. The van der Waals surface area contributed by atoms with E-state index in [0.29, 0.717) is 5.41 Å². The molecular formula is C15H27N5. The number of nitrogens with zero attached hydrogens (tertiary/aromatic N) is 3. The molecule has 0 unspecified atom stereocenters. The highest BCUT2D eigenvalue weighted by Gasteiger charge is 2.30. The lowest BCUT2D eigenvalue weighted by atomic mass is 9.75. The molecule has 1 aromatic rings. The van der Waals surface area contributed by atoms with Crippen LogP contribution in [-0.2, 0) is 6.42 Å². The average Bonchev–Trinajstić information content (AvgIpc) is 2.45. The second-order valence-electron chi connectivity index (χ2n) is 6.65. The zero-order valence-electron chi connectivity index (χ0n) is 13.1. The lowest BCUT2D eigenvalue weighted by molar-refractivity contribution is 0.198. The minimum atomic E-state index is 0.398. The number of piperidine rings is 1. The van der Waals surface area contributed by atoms with Gasteiger partial charge >= 0.3 is 0 Å². The van der Waals surface area contributed by atoms with Crippen LogP contribution in [0.3, 0.4) is 0 Å². The molecule has 0 atom stereocenters. The minimum absolute atomic E-state index is 0.398. The van der Waals surface area contributed by atoms with Crippen LogP contribution < -0.4 is 16.2 Å². The van der Waals surface area contributed by atoms with Crippen LogP contribution in [0, 0.1) is 11.3 Å². The standard InChI is InChI=1S/C15H27N5/c1-5-12-13(19-16)17-10-18-14(12)20-8-6-11(7-9-20)15(2,3)4/h10-11H,5-9,16H2,1-4H3,(H,17,18,19). The van der Waals surface area contributed by atoms with Gasteiger partial charge in [-0.2, -0.15) is 0 Å². The van der Waals surface area contributed by atoms with Crippen LogP contribution in [0.5, 0.6) is 0 Å². The van der Waals surface area contributed by atoms with Gasteiger partial charge in [-0.25, -0.2) is 15.8 Å². The predicted octanol–water partition coefficient (Wildman–Crippen LogP) is 2.59. The second kappa shape index (κ2) is 5.95. The smallest absolute Gasteiger partial charge is 0.148 e. The summed E-state index contributed by atoms with van der Waals surface area (Å²) in [7, 11) is 0. The molecule has 3 N–H and O–H groups in total. The first-order valence-electron chi connectivity index (χ1n) is 7.52. The Morgan fingerprint density at radius 1 is 1.30 bits per heavy atom. The summed E-state index contributed by atoms with van der Waals surface area (Å²) in [5, 5.41) is 0. The molecule has 0 bridgehead atoms. The quantitative estimate of drug-likeness (QED) is 0.656. The molecule has 1 fully saturated rings. The van der Waals surface area contributed by atoms with E-state index in [2.05, 4.69) is 48.0 Å². The highest BCUT2D eigenvalue weighted by atomic mass is 15.3. The fourth-order valence-electron chi connectivity index (χ4n) is 3.08. The van der Waals surface area contributed by atoms with Crippen LogP contribution in [-0.4, -0.2) is 23.1 Å². The first-order chi connectivity index (χ1) is 9.47. The van der Waals surface area contributed by atoms with E-state index in [4.69, 9.17) is 5.84 Å². The Labute approximate surface area is 121 Å². The zero-order chi connectivity index (χ0) is 14.8. The van der Waals surface area contributed by atoms with Gasteiger partial charge in [-0.3, -0.25) is 0 Å². The molecule has 0 aromatic carbocycles. The molecule has 0 spiro atoms. The molecule has 0 saturated carbocycles. The largest absolute Gasteiger partial charge is 0.356 e. The maximum atomic E-state index is 5.54. The third-order valence-corrected chi connectivity index (χ3v) is 4.43. The van der Waals surface area contributed by atoms with Crippen LogP contribution in [0.25, 0.3) is 0 Å². The summed E-state index contributed by atoms with van der Waals surface area (Å²) in [5.41, 5.74) is 4.19. The molecule has 0 amide bonds. The number of aromatic nitrogens is 2. The van der Waals surface area contributed by atoms with E-state index in [9.17, 15) is 0 Å². The summed E-state index contributed by atoms with van der Waals surface area (Å²) in [6, 6.07) is 0. The number of rotatable bonds is 3. The summed E-state index contributed by atoms with van der Waals surface area (Å²) in [5.74, 6) is 8.12. The van der Waals surface area contributed by atoms with Crippen molar-refractivity contribution < 1.29 is 0 Å². The Morgan fingerprint density at radius 3 is 2.45 bits per heavy atom.